The van der Waals surface area contributed by atoms with Gasteiger partial charge in [-0.2, -0.15) is 0 Å². The number of phenols is 1. The first-order chi connectivity index (χ1) is 7.68. The highest BCUT2D eigenvalue weighted by Crippen LogP contribution is 2.28. The third kappa shape index (κ3) is 3.31. The molecule has 1 aromatic carbocycles. The fraction of sp³-hybridized carbons (Fsp3) is 0.500. The van der Waals surface area contributed by atoms with Crippen LogP contribution < -0.4 is 11.1 Å². The minimum Gasteiger partial charge on any atom is -0.505 e. The van der Waals surface area contributed by atoms with E-state index in [1.807, 2.05) is 0 Å². The number of hydrogen-bond acceptors (Lipinski definition) is 3. The summed E-state index contributed by atoms with van der Waals surface area (Å²) >= 11 is 0. The monoisotopic (exact) mass is 260 g/mol. The van der Waals surface area contributed by atoms with Gasteiger partial charge in [0.15, 0.2) is 11.6 Å². The van der Waals surface area contributed by atoms with E-state index in [4.69, 9.17) is 10.8 Å². The third-order valence-corrected chi connectivity index (χ3v) is 3.25. The maximum atomic E-state index is 13.2. The van der Waals surface area contributed by atoms with Gasteiger partial charge in [0.2, 0.25) is 0 Å². The summed E-state index contributed by atoms with van der Waals surface area (Å²) in [6.07, 6.45) is 2.04. The molecule has 1 aliphatic rings. The van der Waals surface area contributed by atoms with Crippen molar-refractivity contribution < 1.29 is 9.50 Å². The summed E-state index contributed by atoms with van der Waals surface area (Å²) in [4.78, 5) is 0. The van der Waals surface area contributed by atoms with Crippen LogP contribution in [0.4, 0.5) is 4.39 Å². The van der Waals surface area contributed by atoms with Crippen LogP contribution in [0.15, 0.2) is 18.2 Å². The van der Waals surface area contributed by atoms with Crippen molar-refractivity contribution in [1.29, 1.82) is 0 Å². The lowest BCUT2D eigenvalue weighted by Gasteiger charge is -2.28. The molecular weight excluding hydrogens is 243 g/mol. The molecule has 4 N–H and O–H groups in total. The standard InChI is InChI=1S/C12H17FN2O.ClH/c13-10-7-9(1-2-11(10)16)12(14)8-3-5-15-6-4-8;/h1-2,7-8,12,15-16H,3-6,14H2;1H/t12-;/m1./s1. The number of nitrogens with two attached hydrogens (primary N) is 1. The largest absolute Gasteiger partial charge is 0.505 e. The Morgan fingerprint density at radius 2 is 2.00 bits per heavy atom. The topological polar surface area (TPSA) is 58.3 Å². The first-order valence-corrected chi connectivity index (χ1v) is 5.63. The lowest BCUT2D eigenvalue weighted by molar-refractivity contribution is 0.321. The molecule has 1 aromatic rings. The van der Waals surface area contributed by atoms with E-state index in [-0.39, 0.29) is 24.2 Å². The number of rotatable bonds is 2. The highest BCUT2D eigenvalue weighted by Gasteiger charge is 2.22. The van der Waals surface area contributed by atoms with Gasteiger partial charge >= 0.3 is 0 Å². The summed E-state index contributed by atoms with van der Waals surface area (Å²) in [7, 11) is 0. The molecule has 3 nitrogen and oxygen atoms in total. The van der Waals surface area contributed by atoms with Crippen molar-refractivity contribution in [3.63, 3.8) is 0 Å². The summed E-state index contributed by atoms with van der Waals surface area (Å²) in [5, 5.41) is 12.4. The Kier molecular flexibility index (Phi) is 5.18. The number of benzene rings is 1. The zero-order valence-corrected chi connectivity index (χ0v) is 10.3. The van der Waals surface area contributed by atoms with Crippen LogP contribution in [0.2, 0.25) is 0 Å². The number of piperidine rings is 1. The molecule has 0 unspecified atom stereocenters. The Morgan fingerprint density at radius 3 is 2.59 bits per heavy atom. The highest BCUT2D eigenvalue weighted by molar-refractivity contribution is 5.85. The van der Waals surface area contributed by atoms with E-state index in [1.165, 1.54) is 12.1 Å². The second-order valence-corrected chi connectivity index (χ2v) is 4.32. The summed E-state index contributed by atoms with van der Waals surface area (Å²) in [5.74, 6) is -0.520. The maximum absolute atomic E-state index is 13.2. The van der Waals surface area contributed by atoms with E-state index >= 15 is 0 Å². The number of halogens is 2. The molecule has 5 heteroatoms. The quantitative estimate of drug-likeness (QED) is 0.762. The Balaban J connectivity index is 0.00000144. The number of nitrogens with one attached hydrogen (secondary N) is 1. The summed E-state index contributed by atoms with van der Waals surface area (Å²) in [6, 6.07) is 4.26. The van der Waals surface area contributed by atoms with Crippen molar-refractivity contribution in [3.05, 3.63) is 29.6 Å². The van der Waals surface area contributed by atoms with Gasteiger partial charge in [0.1, 0.15) is 0 Å². The van der Waals surface area contributed by atoms with Gasteiger partial charge < -0.3 is 16.2 Å². The van der Waals surface area contributed by atoms with Gasteiger partial charge in [0, 0.05) is 6.04 Å². The minimum absolute atomic E-state index is 0. The summed E-state index contributed by atoms with van der Waals surface area (Å²) < 4.78 is 13.2. The van der Waals surface area contributed by atoms with E-state index in [0.717, 1.165) is 31.5 Å². The average Bonchev–Trinajstić information content (AvgIpc) is 2.33. The van der Waals surface area contributed by atoms with Crippen molar-refractivity contribution in [2.45, 2.75) is 18.9 Å². The molecule has 17 heavy (non-hydrogen) atoms. The van der Waals surface area contributed by atoms with Crippen LogP contribution in [0.25, 0.3) is 0 Å². The Bertz CT molecular complexity index is 370. The van der Waals surface area contributed by atoms with Crippen LogP contribution in [-0.4, -0.2) is 18.2 Å². The molecule has 0 aromatic heterocycles. The molecule has 0 bridgehead atoms. The molecule has 1 fully saturated rings. The summed E-state index contributed by atoms with van der Waals surface area (Å²) in [5.41, 5.74) is 6.88. The molecule has 0 spiro atoms. The van der Waals surface area contributed by atoms with Crippen LogP contribution in [0.5, 0.6) is 5.75 Å². The molecule has 1 atom stereocenters. The van der Waals surface area contributed by atoms with Crippen LogP contribution in [0.3, 0.4) is 0 Å². The normalized spacial score (nSPS) is 18.5. The van der Waals surface area contributed by atoms with Crippen molar-refractivity contribution in [1.82, 2.24) is 5.32 Å². The fourth-order valence-electron chi connectivity index (χ4n) is 2.21. The summed E-state index contributed by atoms with van der Waals surface area (Å²) in [6.45, 7) is 1.94. The molecule has 1 aliphatic heterocycles. The average molecular weight is 261 g/mol. The minimum atomic E-state index is -0.595. The van der Waals surface area contributed by atoms with Gasteiger partial charge in [-0.3, -0.25) is 0 Å². The van der Waals surface area contributed by atoms with Gasteiger partial charge in [-0.1, -0.05) is 6.07 Å². The molecule has 0 amide bonds. The van der Waals surface area contributed by atoms with Gasteiger partial charge in [-0.25, -0.2) is 4.39 Å². The van der Waals surface area contributed by atoms with Crippen LogP contribution in [0.1, 0.15) is 24.4 Å². The molecule has 1 heterocycles. The van der Waals surface area contributed by atoms with E-state index in [1.54, 1.807) is 6.07 Å². The molecule has 1 saturated heterocycles. The maximum Gasteiger partial charge on any atom is 0.165 e. The Hall–Kier alpha value is -0.840. The number of phenolic OH excluding ortho intramolecular Hbond substituents is 1. The van der Waals surface area contributed by atoms with Crippen LogP contribution in [0, 0.1) is 11.7 Å². The van der Waals surface area contributed by atoms with E-state index in [2.05, 4.69) is 5.32 Å². The second-order valence-electron chi connectivity index (χ2n) is 4.32. The van der Waals surface area contributed by atoms with E-state index in [0.29, 0.717) is 5.92 Å². The molecule has 0 saturated carbocycles. The molecule has 2 rings (SSSR count). The molecule has 0 aliphatic carbocycles. The van der Waals surface area contributed by atoms with Crippen molar-refractivity contribution in [2.24, 2.45) is 11.7 Å². The lowest BCUT2D eigenvalue weighted by Crippen LogP contribution is -2.33. The number of hydrogen-bond donors (Lipinski definition) is 3. The van der Waals surface area contributed by atoms with Crippen molar-refractivity contribution >= 4 is 12.4 Å². The second kappa shape index (κ2) is 6.19. The van der Waals surface area contributed by atoms with Gasteiger partial charge in [-0.15, -0.1) is 12.4 Å². The predicted molar refractivity (Wildman–Crippen MR) is 67.8 cm³/mol. The smallest absolute Gasteiger partial charge is 0.165 e. The van der Waals surface area contributed by atoms with Crippen LogP contribution >= 0.6 is 12.4 Å². The zero-order valence-electron chi connectivity index (χ0n) is 9.53. The number of aromatic hydroxyl groups is 1. The first-order valence-electron chi connectivity index (χ1n) is 5.63. The molecule has 0 radical (unpaired) electrons. The van der Waals surface area contributed by atoms with Crippen molar-refractivity contribution in [2.75, 3.05) is 13.1 Å². The molecule has 96 valence electrons. The Labute approximate surface area is 107 Å². The van der Waals surface area contributed by atoms with Crippen LogP contribution in [-0.2, 0) is 0 Å². The van der Waals surface area contributed by atoms with Gasteiger partial charge in [0.25, 0.3) is 0 Å². The first kappa shape index (κ1) is 14.2. The predicted octanol–water partition coefficient (Wildman–Crippen LogP) is 1.95. The zero-order chi connectivity index (χ0) is 11.5. The van der Waals surface area contributed by atoms with Crippen molar-refractivity contribution in [3.8, 4) is 5.75 Å². The fourth-order valence-corrected chi connectivity index (χ4v) is 2.21. The third-order valence-electron chi connectivity index (χ3n) is 3.25. The van der Waals surface area contributed by atoms with E-state index in [9.17, 15) is 4.39 Å². The van der Waals surface area contributed by atoms with Gasteiger partial charge in [0.05, 0.1) is 0 Å². The highest BCUT2D eigenvalue weighted by atomic mass is 35.5. The lowest BCUT2D eigenvalue weighted by atomic mass is 9.86. The molecular formula is C12H18ClFN2O. The van der Waals surface area contributed by atoms with E-state index < -0.39 is 5.82 Å². The SMILES string of the molecule is Cl.N[C@@H](c1ccc(O)c(F)c1)C1CCNCC1. The Morgan fingerprint density at radius 1 is 1.35 bits per heavy atom. The van der Waals surface area contributed by atoms with Gasteiger partial charge in [-0.05, 0) is 49.5 Å².